The molecule has 0 radical (unpaired) electrons. The SMILES string of the molecule is CN1CCN(c2ccc3ccn(-c4nccs4)c3c2)CC1. The molecular formula is C16H18N4S. The Morgan fingerprint density at radius 1 is 1.10 bits per heavy atom. The Bertz CT molecular complexity index is 739. The summed E-state index contributed by atoms with van der Waals surface area (Å²) in [6.45, 7) is 4.46. The molecule has 1 fully saturated rings. The summed E-state index contributed by atoms with van der Waals surface area (Å²) in [5.41, 5.74) is 2.55. The van der Waals surface area contributed by atoms with Crippen LogP contribution in [0, 0.1) is 0 Å². The van der Waals surface area contributed by atoms with E-state index >= 15 is 0 Å². The average molecular weight is 298 g/mol. The Morgan fingerprint density at radius 2 is 1.95 bits per heavy atom. The molecule has 0 unspecified atom stereocenters. The van der Waals surface area contributed by atoms with E-state index in [0.29, 0.717) is 0 Å². The third-order valence-corrected chi connectivity index (χ3v) is 4.94. The molecule has 0 N–H and O–H groups in total. The number of hydrogen-bond acceptors (Lipinski definition) is 4. The van der Waals surface area contributed by atoms with E-state index in [1.54, 1.807) is 11.3 Å². The molecule has 0 amide bonds. The van der Waals surface area contributed by atoms with Gasteiger partial charge in [-0.3, -0.25) is 4.57 Å². The lowest BCUT2D eigenvalue weighted by Gasteiger charge is -2.34. The van der Waals surface area contributed by atoms with E-state index in [1.165, 1.54) is 16.6 Å². The lowest BCUT2D eigenvalue weighted by Crippen LogP contribution is -2.44. The van der Waals surface area contributed by atoms with Crippen LogP contribution in [0.2, 0.25) is 0 Å². The molecule has 0 spiro atoms. The van der Waals surface area contributed by atoms with Crippen molar-refractivity contribution in [2.45, 2.75) is 0 Å². The van der Waals surface area contributed by atoms with Gasteiger partial charge in [0.2, 0.25) is 0 Å². The van der Waals surface area contributed by atoms with Crippen LogP contribution in [0.4, 0.5) is 5.69 Å². The predicted molar refractivity (Wildman–Crippen MR) is 88.7 cm³/mol. The van der Waals surface area contributed by atoms with Crippen molar-refractivity contribution in [2.24, 2.45) is 0 Å². The minimum atomic E-state index is 1.03. The lowest BCUT2D eigenvalue weighted by atomic mass is 10.2. The summed E-state index contributed by atoms with van der Waals surface area (Å²) in [7, 11) is 2.19. The third-order valence-electron chi connectivity index (χ3n) is 4.17. The fraction of sp³-hybridized carbons (Fsp3) is 0.312. The van der Waals surface area contributed by atoms with Crippen molar-refractivity contribution in [3.8, 4) is 5.13 Å². The number of hydrogen-bond donors (Lipinski definition) is 0. The maximum absolute atomic E-state index is 4.42. The number of piperazine rings is 1. The summed E-state index contributed by atoms with van der Waals surface area (Å²) >= 11 is 1.67. The first-order valence-electron chi connectivity index (χ1n) is 7.26. The van der Waals surface area contributed by atoms with Gasteiger partial charge in [0.15, 0.2) is 5.13 Å². The summed E-state index contributed by atoms with van der Waals surface area (Å²) in [6.07, 6.45) is 3.97. The van der Waals surface area contributed by atoms with Gasteiger partial charge >= 0.3 is 0 Å². The number of nitrogens with zero attached hydrogens (tertiary/aromatic N) is 4. The molecule has 0 aliphatic carbocycles. The largest absolute Gasteiger partial charge is 0.369 e. The molecule has 4 rings (SSSR count). The van der Waals surface area contributed by atoms with E-state index in [0.717, 1.165) is 31.3 Å². The molecule has 0 bridgehead atoms. The summed E-state index contributed by atoms with van der Waals surface area (Å²) in [4.78, 5) is 9.28. The predicted octanol–water partition coefficient (Wildman–Crippen LogP) is 2.84. The highest BCUT2D eigenvalue weighted by Gasteiger charge is 2.15. The van der Waals surface area contributed by atoms with E-state index in [2.05, 4.69) is 56.9 Å². The van der Waals surface area contributed by atoms with Crippen molar-refractivity contribution < 1.29 is 0 Å². The van der Waals surface area contributed by atoms with Gasteiger partial charge < -0.3 is 9.80 Å². The molecule has 4 nitrogen and oxygen atoms in total. The van der Waals surface area contributed by atoms with E-state index in [1.807, 2.05) is 11.6 Å². The Morgan fingerprint density at radius 3 is 2.71 bits per heavy atom. The molecule has 0 atom stereocenters. The van der Waals surface area contributed by atoms with Gasteiger partial charge in [0.05, 0.1) is 5.52 Å². The summed E-state index contributed by atoms with van der Waals surface area (Å²) in [5, 5.41) is 4.31. The first-order valence-corrected chi connectivity index (χ1v) is 8.14. The van der Waals surface area contributed by atoms with Gasteiger partial charge in [-0.2, -0.15) is 0 Å². The minimum absolute atomic E-state index is 1.03. The average Bonchev–Trinajstić information content (AvgIpc) is 3.16. The summed E-state index contributed by atoms with van der Waals surface area (Å²) < 4.78 is 2.18. The first kappa shape index (κ1) is 12.9. The quantitative estimate of drug-likeness (QED) is 0.727. The highest BCUT2D eigenvalue weighted by atomic mass is 32.1. The molecule has 5 heteroatoms. The monoisotopic (exact) mass is 298 g/mol. The van der Waals surface area contributed by atoms with Crippen molar-refractivity contribution in [3.05, 3.63) is 42.0 Å². The second-order valence-electron chi connectivity index (χ2n) is 5.53. The van der Waals surface area contributed by atoms with Crippen LogP contribution in [-0.4, -0.2) is 47.7 Å². The zero-order valence-corrected chi connectivity index (χ0v) is 12.9. The van der Waals surface area contributed by atoms with Crippen molar-refractivity contribution in [1.82, 2.24) is 14.5 Å². The zero-order chi connectivity index (χ0) is 14.2. The maximum atomic E-state index is 4.42. The minimum Gasteiger partial charge on any atom is -0.369 e. The fourth-order valence-electron chi connectivity index (χ4n) is 2.88. The molecule has 0 saturated carbocycles. The molecular weight excluding hydrogens is 280 g/mol. The summed E-state index contributed by atoms with van der Waals surface area (Å²) in [6, 6.07) is 8.90. The second-order valence-corrected chi connectivity index (χ2v) is 6.41. The van der Waals surface area contributed by atoms with Crippen LogP contribution in [0.25, 0.3) is 16.0 Å². The number of likely N-dealkylation sites (N-methyl/N-ethyl adjacent to an activating group) is 1. The van der Waals surface area contributed by atoms with Gasteiger partial charge in [-0.1, -0.05) is 6.07 Å². The first-order chi connectivity index (χ1) is 10.3. The van der Waals surface area contributed by atoms with E-state index in [9.17, 15) is 0 Å². The van der Waals surface area contributed by atoms with Crippen LogP contribution in [0.15, 0.2) is 42.0 Å². The van der Waals surface area contributed by atoms with Crippen LogP contribution in [0.3, 0.4) is 0 Å². The molecule has 1 aliphatic rings. The Kier molecular flexibility index (Phi) is 3.16. The summed E-state index contributed by atoms with van der Waals surface area (Å²) in [5.74, 6) is 0. The number of rotatable bonds is 2. The maximum Gasteiger partial charge on any atom is 0.193 e. The van der Waals surface area contributed by atoms with Crippen LogP contribution >= 0.6 is 11.3 Å². The molecule has 2 aromatic heterocycles. The van der Waals surface area contributed by atoms with Gasteiger partial charge in [0.1, 0.15) is 0 Å². The Balaban J connectivity index is 1.73. The van der Waals surface area contributed by atoms with Gasteiger partial charge in [0.25, 0.3) is 0 Å². The fourth-order valence-corrected chi connectivity index (χ4v) is 3.52. The smallest absolute Gasteiger partial charge is 0.193 e. The van der Waals surface area contributed by atoms with E-state index in [-0.39, 0.29) is 0 Å². The molecule has 108 valence electrons. The standard InChI is InChI=1S/C16H18N4S/c1-18-7-9-19(10-8-18)14-3-2-13-4-6-20(15(13)12-14)16-17-5-11-21-16/h2-6,11-12H,7-10H2,1H3. The number of anilines is 1. The number of fused-ring (bicyclic) bond motifs is 1. The highest BCUT2D eigenvalue weighted by molar-refractivity contribution is 7.12. The molecule has 3 heterocycles. The van der Waals surface area contributed by atoms with Crippen molar-refractivity contribution in [1.29, 1.82) is 0 Å². The lowest BCUT2D eigenvalue weighted by molar-refractivity contribution is 0.313. The topological polar surface area (TPSA) is 24.3 Å². The van der Waals surface area contributed by atoms with Gasteiger partial charge in [-0.15, -0.1) is 11.3 Å². The third kappa shape index (κ3) is 2.32. The molecule has 3 aromatic rings. The zero-order valence-electron chi connectivity index (χ0n) is 12.1. The van der Waals surface area contributed by atoms with Crippen LogP contribution in [-0.2, 0) is 0 Å². The molecule has 1 aliphatic heterocycles. The van der Waals surface area contributed by atoms with E-state index < -0.39 is 0 Å². The van der Waals surface area contributed by atoms with Gasteiger partial charge in [0, 0.05) is 55.0 Å². The molecule has 21 heavy (non-hydrogen) atoms. The van der Waals surface area contributed by atoms with Gasteiger partial charge in [-0.25, -0.2) is 4.98 Å². The Labute approximate surface area is 128 Å². The normalized spacial score (nSPS) is 16.7. The molecule has 1 saturated heterocycles. The van der Waals surface area contributed by atoms with Crippen LogP contribution in [0.5, 0.6) is 0 Å². The number of aromatic nitrogens is 2. The van der Waals surface area contributed by atoms with Crippen molar-refractivity contribution in [3.63, 3.8) is 0 Å². The Hall–Kier alpha value is -1.85. The second kappa shape index (κ2) is 5.16. The van der Waals surface area contributed by atoms with Crippen molar-refractivity contribution >= 4 is 27.9 Å². The molecule has 1 aromatic carbocycles. The van der Waals surface area contributed by atoms with E-state index in [4.69, 9.17) is 0 Å². The van der Waals surface area contributed by atoms with Crippen LogP contribution < -0.4 is 4.90 Å². The van der Waals surface area contributed by atoms with Gasteiger partial charge in [-0.05, 0) is 25.2 Å². The van der Waals surface area contributed by atoms with Crippen LogP contribution in [0.1, 0.15) is 0 Å². The van der Waals surface area contributed by atoms with Crippen molar-refractivity contribution in [2.75, 3.05) is 38.1 Å². The number of benzene rings is 1. The highest BCUT2D eigenvalue weighted by Crippen LogP contribution is 2.27. The number of thiazole rings is 1.